The maximum atomic E-state index is 13.6. The van der Waals surface area contributed by atoms with E-state index in [-0.39, 0.29) is 35.3 Å². The Kier molecular flexibility index (Phi) is 8.36. The molecule has 2 amide bonds. The lowest BCUT2D eigenvalue weighted by Crippen LogP contribution is -2.30. The van der Waals surface area contributed by atoms with Crippen LogP contribution < -0.4 is 10.2 Å². The van der Waals surface area contributed by atoms with Crippen LogP contribution in [0.5, 0.6) is 11.5 Å². The second-order valence-corrected chi connectivity index (χ2v) is 9.01. The molecule has 0 bridgehead atoms. The molecule has 11 heteroatoms. The van der Waals surface area contributed by atoms with E-state index < -0.39 is 18.4 Å². The fraction of sp³-hybridized carbons (Fsp3) is 0.143. The number of aromatic hydroxyl groups is 2. The highest BCUT2D eigenvalue weighted by Crippen LogP contribution is 2.30. The number of rotatable bonds is 8. The van der Waals surface area contributed by atoms with Crippen LogP contribution in [0.15, 0.2) is 72.9 Å². The lowest BCUT2D eigenvalue weighted by molar-refractivity contribution is -0.124. The standard InChI is InChI=1S/C28H23ClF2N4O4/c1-16-14-32-27(29)34-25(16)19-6-8-20(9-7-19)35(26(39)22-11-10-21(36)13-23(22)37)15-18-4-2-17(3-5-18)12-24(38)33-28(30)31/h2-11,13-14,28,36-37H,12,15H2,1H3,(H,33,38). The summed E-state index contributed by atoms with van der Waals surface area (Å²) < 4.78 is 24.7. The molecular formula is C28H23ClF2N4O4. The maximum Gasteiger partial charge on any atom is 0.315 e. The van der Waals surface area contributed by atoms with Crippen molar-refractivity contribution in [1.82, 2.24) is 15.3 Å². The van der Waals surface area contributed by atoms with E-state index >= 15 is 0 Å². The molecule has 1 aromatic heterocycles. The number of aryl methyl sites for hydroxylation is 1. The monoisotopic (exact) mass is 552 g/mol. The summed E-state index contributed by atoms with van der Waals surface area (Å²) in [5.41, 5.74) is 3.91. The molecule has 0 aliphatic carbocycles. The van der Waals surface area contributed by atoms with Crippen LogP contribution in [0, 0.1) is 6.92 Å². The largest absolute Gasteiger partial charge is 0.508 e. The first-order valence-corrected chi connectivity index (χ1v) is 12.1. The van der Waals surface area contributed by atoms with Gasteiger partial charge in [0.25, 0.3) is 5.91 Å². The van der Waals surface area contributed by atoms with Crippen LogP contribution in [-0.4, -0.2) is 38.5 Å². The first-order valence-electron chi connectivity index (χ1n) is 11.7. The van der Waals surface area contributed by atoms with E-state index in [9.17, 15) is 28.6 Å². The number of nitrogens with one attached hydrogen (secondary N) is 1. The number of nitrogens with zero attached hydrogens (tertiary/aromatic N) is 3. The van der Waals surface area contributed by atoms with Gasteiger partial charge in [-0.2, -0.15) is 8.78 Å². The number of phenolic OH excluding ortho intramolecular Hbond substituents is 2. The number of hydrogen-bond donors (Lipinski definition) is 3. The molecule has 200 valence electrons. The third-order valence-electron chi connectivity index (χ3n) is 5.85. The molecule has 0 unspecified atom stereocenters. The molecule has 1 heterocycles. The molecule has 0 saturated carbocycles. The number of carbonyl (C=O) groups is 2. The third kappa shape index (κ3) is 6.85. The Morgan fingerprint density at radius 3 is 2.31 bits per heavy atom. The number of halogens is 3. The predicted octanol–water partition coefficient (Wildman–Crippen LogP) is 5.24. The molecule has 0 atom stereocenters. The number of alkyl halides is 2. The Hall–Kier alpha value is -4.57. The van der Waals surface area contributed by atoms with Gasteiger partial charge >= 0.3 is 6.55 Å². The summed E-state index contributed by atoms with van der Waals surface area (Å²) in [5, 5.41) is 21.6. The van der Waals surface area contributed by atoms with Crippen LogP contribution in [-0.2, 0) is 17.8 Å². The van der Waals surface area contributed by atoms with Crippen LogP contribution in [0.1, 0.15) is 27.0 Å². The van der Waals surface area contributed by atoms with Gasteiger partial charge in [0.2, 0.25) is 11.2 Å². The Bertz CT molecular complexity index is 1500. The molecule has 8 nitrogen and oxygen atoms in total. The summed E-state index contributed by atoms with van der Waals surface area (Å²) in [4.78, 5) is 34.9. The van der Waals surface area contributed by atoms with Crippen molar-refractivity contribution in [2.45, 2.75) is 26.4 Å². The van der Waals surface area contributed by atoms with Crippen molar-refractivity contribution in [1.29, 1.82) is 0 Å². The predicted molar refractivity (Wildman–Crippen MR) is 142 cm³/mol. The first-order chi connectivity index (χ1) is 18.6. The zero-order valence-electron chi connectivity index (χ0n) is 20.6. The number of amides is 2. The molecule has 0 fully saturated rings. The molecule has 39 heavy (non-hydrogen) atoms. The van der Waals surface area contributed by atoms with E-state index in [0.29, 0.717) is 22.5 Å². The molecule has 0 aliphatic rings. The van der Waals surface area contributed by atoms with Gasteiger partial charge in [-0.1, -0.05) is 36.4 Å². The average molecular weight is 553 g/mol. The zero-order chi connectivity index (χ0) is 28.1. The minimum Gasteiger partial charge on any atom is -0.508 e. The quantitative estimate of drug-likeness (QED) is 0.203. The summed E-state index contributed by atoms with van der Waals surface area (Å²) in [6, 6.07) is 17.3. The van der Waals surface area contributed by atoms with Crippen molar-refractivity contribution in [2.24, 2.45) is 0 Å². The number of phenols is 2. The number of benzene rings is 3. The van der Waals surface area contributed by atoms with Crippen molar-refractivity contribution in [3.05, 3.63) is 100 Å². The van der Waals surface area contributed by atoms with E-state index in [1.807, 2.05) is 6.92 Å². The molecule has 0 saturated heterocycles. The van der Waals surface area contributed by atoms with E-state index in [0.717, 1.165) is 17.2 Å². The van der Waals surface area contributed by atoms with Gasteiger partial charge in [-0.25, -0.2) is 9.97 Å². The fourth-order valence-electron chi connectivity index (χ4n) is 3.94. The Morgan fingerprint density at radius 2 is 1.67 bits per heavy atom. The third-order valence-corrected chi connectivity index (χ3v) is 6.03. The van der Waals surface area contributed by atoms with Crippen molar-refractivity contribution in [3.63, 3.8) is 0 Å². The second kappa shape index (κ2) is 11.9. The average Bonchev–Trinajstić information content (AvgIpc) is 2.89. The second-order valence-electron chi connectivity index (χ2n) is 8.67. The van der Waals surface area contributed by atoms with Gasteiger partial charge < -0.3 is 15.1 Å². The minimum atomic E-state index is -2.94. The molecule has 3 N–H and O–H groups in total. The molecule has 0 spiro atoms. The van der Waals surface area contributed by atoms with Crippen LogP contribution in [0.3, 0.4) is 0 Å². The van der Waals surface area contributed by atoms with Gasteiger partial charge in [0, 0.05) is 23.5 Å². The number of carbonyl (C=O) groups excluding carboxylic acids is 2. The lowest BCUT2D eigenvalue weighted by Gasteiger charge is -2.24. The Morgan fingerprint density at radius 1 is 1.00 bits per heavy atom. The summed E-state index contributed by atoms with van der Waals surface area (Å²) in [5.74, 6) is -1.90. The van der Waals surface area contributed by atoms with E-state index in [1.165, 1.54) is 17.0 Å². The van der Waals surface area contributed by atoms with Crippen LogP contribution in [0.4, 0.5) is 14.5 Å². The molecule has 4 aromatic rings. The van der Waals surface area contributed by atoms with E-state index in [4.69, 9.17) is 11.6 Å². The van der Waals surface area contributed by atoms with Crippen molar-refractivity contribution < 1.29 is 28.6 Å². The molecule has 4 rings (SSSR count). The first kappa shape index (κ1) is 27.5. The number of anilines is 1. The SMILES string of the molecule is Cc1cnc(Cl)nc1-c1ccc(N(Cc2ccc(CC(=O)NC(F)F)cc2)C(=O)c2ccc(O)cc2O)cc1. The van der Waals surface area contributed by atoms with Crippen LogP contribution >= 0.6 is 11.6 Å². The maximum absolute atomic E-state index is 13.6. The van der Waals surface area contributed by atoms with Gasteiger partial charge in [0.15, 0.2) is 0 Å². The van der Waals surface area contributed by atoms with Crippen molar-refractivity contribution >= 4 is 29.1 Å². The van der Waals surface area contributed by atoms with Crippen molar-refractivity contribution in [2.75, 3.05) is 4.90 Å². The number of hydrogen-bond acceptors (Lipinski definition) is 6. The fourth-order valence-corrected chi connectivity index (χ4v) is 4.08. The van der Waals surface area contributed by atoms with Gasteiger partial charge in [0.05, 0.1) is 24.2 Å². The van der Waals surface area contributed by atoms with Crippen LogP contribution in [0.25, 0.3) is 11.3 Å². The summed E-state index contributed by atoms with van der Waals surface area (Å²) in [7, 11) is 0. The highest BCUT2D eigenvalue weighted by Gasteiger charge is 2.22. The van der Waals surface area contributed by atoms with Gasteiger partial charge in [-0.05, 0) is 59.5 Å². The van der Waals surface area contributed by atoms with E-state index in [2.05, 4.69) is 9.97 Å². The molecule has 0 aliphatic heterocycles. The highest BCUT2D eigenvalue weighted by molar-refractivity contribution is 6.28. The molecular weight excluding hydrogens is 530 g/mol. The minimum absolute atomic E-state index is 0.0180. The Labute approximate surface area is 227 Å². The zero-order valence-corrected chi connectivity index (χ0v) is 21.4. The van der Waals surface area contributed by atoms with Gasteiger partial charge in [-0.3, -0.25) is 14.9 Å². The summed E-state index contributed by atoms with van der Waals surface area (Å²) in [6.07, 6.45) is 1.39. The molecule has 0 radical (unpaired) electrons. The van der Waals surface area contributed by atoms with Gasteiger partial charge in [-0.15, -0.1) is 0 Å². The molecule has 3 aromatic carbocycles. The van der Waals surface area contributed by atoms with E-state index in [1.54, 1.807) is 60.0 Å². The van der Waals surface area contributed by atoms with Crippen LogP contribution in [0.2, 0.25) is 5.28 Å². The normalized spacial score (nSPS) is 10.9. The lowest BCUT2D eigenvalue weighted by atomic mass is 10.1. The number of aromatic nitrogens is 2. The smallest absolute Gasteiger partial charge is 0.315 e. The summed E-state index contributed by atoms with van der Waals surface area (Å²) >= 11 is 5.96. The van der Waals surface area contributed by atoms with Gasteiger partial charge in [0.1, 0.15) is 11.5 Å². The topological polar surface area (TPSA) is 116 Å². The highest BCUT2D eigenvalue weighted by atomic mass is 35.5. The van der Waals surface area contributed by atoms with Crippen molar-refractivity contribution in [3.8, 4) is 22.8 Å². The summed E-state index contributed by atoms with van der Waals surface area (Å²) in [6.45, 7) is -1.00. The Balaban J connectivity index is 1.64.